The second-order valence-electron chi connectivity index (χ2n) is 7.32. The van der Waals surface area contributed by atoms with E-state index in [2.05, 4.69) is 5.32 Å². The molecule has 0 atom stereocenters. The van der Waals surface area contributed by atoms with Crippen molar-refractivity contribution in [3.63, 3.8) is 0 Å². The Bertz CT molecular complexity index is 1130. The van der Waals surface area contributed by atoms with Gasteiger partial charge in [-0.25, -0.2) is 9.18 Å². The van der Waals surface area contributed by atoms with Crippen LogP contribution in [0.15, 0.2) is 54.6 Å². The van der Waals surface area contributed by atoms with Crippen LogP contribution in [0.5, 0.6) is 11.5 Å². The van der Waals surface area contributed by atoms with Crippen molar-refractivity contribution < 1.29 is 28.6 Å². The highest BCUT2D eigenvalue weighted by atomic mass is 35.5. The van der Waals surface area contributed by atoms with Crippen molar-refractivity contribution in [2.45, 2.75) is 19.4 Å². The normalized spacial score (nSPS) is 11.2. The minimum atomic E-state index is -1.45. The Morgan fingerprint density at radius 2 is 1.77 bits per heavy atom. The Hall–Kier alpha value is -3.32. The van der Waals surface area contributed by atoms with Gasteiger partial charge in [0.1, 0.15) is 36.1 Å². The van der Waals surface area contributed by atoms with E-state index in [0.29, 0.717) is 16.9 Å². The number of ether oxygens (including phenoxy) is 2. The molecule has 6 nitrogen and oxygen atoms in total. The first kappa shape index (κ1) is 22.4. The molecule has 0 aromatic heterocycles. The Morgan fingerprint density at radius 3 is 2.48 bits per heavy atom. The molecular weight excluding hydrogens is 425 g/mol. The van der Waals surface area contributed by atoms with Crippen molar-refractivity contribution in [3.8, 4) is 11.5 Å². The lowest BCUT2D eigenvalue weighted by molar-refractivity contribution is -0.143. The van der Waals surface area contributed by atoms with Gasteiger partial charge >= 0.3 is 5.97 Å². The number of hydrogen-bond acceptors (Lipinski definition) is 4. The summed E-state index contributed by atoms with van der Waals surface area (Å²) in [5.41, 5.74) is -1.25. The third-order valence-electron chi connectivity index (χ3n) is 4.57. The van der Waals surface area contributed by atoms with Crippen molar-refractivity contribution in [2.75, 3.05) is 13.2 Å². The SMILES string of the molecule is CC(C)(NC(=O)c1ccc2ccccc2c1OCCOc1ccc(F)c(Cl)c1)C(=O)O. The van der Waals surface area contributed by atoms with Gasteiger partial charge in [-0.2, -0.15) is 0 Å². The molecule has 8 heteroatoms. The van der Waals surface area contributed by atoms with Gasteiger partial charge in [-0.3, -0.25) is 4.79 Å². The molecular formula is C23H21ClFNO5. The number of nitrogens with one attached hydrogen (secondary N) is 1. The number of amides is 1. The zero-order valence-electron chi connectivity index (χ0n) is 16.9. The fraction of sp³-hybridized carbons (Fsp3) is 0.217. The van der Waals surface area contributed by atoms with E-state index >= 15 is 0 Å². The Morgan fingerprint density at radius 1 is 1.06 bits per heavy atom. The molecule has 0 fully saturated rings. The number of carboxylic acid groups (broad SMARTS) is 1. The lowest BCUT2D eigenvalue weighted by atomic mass is 10.0. The maximum Gasteiger partial charge on any atom is 0.328 e. The van der Waals surface area contributed by atoms with Gasteiger partial charge in [-0.1, -0.05) is 41.9 Å². The third-order valence-corrected chi connectivity index (χ3v) is 4.86. The molecule has 0 aliphatic carbocycles. The molecule has 162 valence electrons. The molecule has 3 rings (SSSR count). The topological polar surface area (TPSA) is 84.9 Å². The zero-order chi connectivity index (χ0) is 22.6. The summed E-state index contributed by atoms with van der Waals surface area (Å²) in [5.74, 6) is -1.57. The van der Waals surface area contributed by atoms with Crippen LogP contribution in [0.3, 0.4) is 0 Å². The number of fused-ring (bicyclic) bond motifs is 1. The van der Waals surface area contributed by atoms with Crippen molar-refractivity contribution >= 4 is 34.2 Å². The molecule has 3 aromatic carbocycles. The number of carbonyl (C=O) groups is 2. The molecule has 1 amide bonds. The summed E-state index contributed by atoms with van der Waals surface area (Å²) in [4.78, 5) is 24.2. The van der Waals surface area contributed by atoms with E-state index in [9.17, 15) is 19.1 Å². The zero-order valence-corrected chi connectivity index (χ0v) is 17.7. The predicted molar refractivity (Wildman–Crippen MR) is 116 cm³/mol. The summed E-state index contributed by atoms with van der Waals surface area (Å²) in [6.45, 7) is 3.01. The molecule has 2 N–H and O–H groups in total. The van der Waals surface area contributed by atoms with Gasteiger partial charge in [-0.05, 0) is 37.4 Å². The quantitative estimate of drug-likeness (QED) is 0.492. The molecule has 3 aromatic rings. The lowest BCUT2D eigenvalue weighted by Gasteiger charge is -2.22. The van der Waals surface area contributed by atoms with Crippen LogP contribution in [-0.4, -0.2) is 35.7 Å². The average Bonchev–Trinajstić information content (AvgIpc) is 2.73. The summed E-state index contributed by atoms with van der Waals surface area (Å²) < 4.78 is 24.7. The van der Waals surface area contributed by atoms with Crippen LogP contribution in [-0.2, 0) is 4.79 Å². The highest BCUT2D eigenvalue weighted by Crippen LogP contribution is 2.30. The number of hydrogen-bond donors (Lipinski definition) is 2. The Kier molecular flexibility index (Phi) is 6.65. The number of carboxylic acids is 1. The lowest BCUT2D eigenvalue weighted by Crippen LogP contribution is -2.49. The fourth-order valence-electron chi connectivity index (χ4n) is 2.85. The summed E-state index contributed by atoms with van der Waals surface area (Å²) in [5, 5.41) is 13.3. The highest BCUT2D eigenvalue weighted by molar-refractivity contribution is 6.30. The number of halogens is 2. The van der Waals surface area contributed by atoms with Gasteiger partial charge in [0.25, 0.3) is 5.91 Å². The van der Waals surface area contributed by atoms with Crippen LogP contribution in [0.25, 0.3) is 10.8 Å². The maximum atomic E-state index is 13.3. The van der Waals surface area contributed by atoms with Crippen LogP contribution in [0.1, 0.15) is 24.2 Å². The van der Waals surface area contributed by atoms with Crippen LogP contribution < -0.4 is 14.8 Å². The van der Waals surface area contributed by atoms with Crippen molar-refractivity contribution in [3.05, 3.63) is 71.0 Å². The van der Waals surface area contributed by atoms with E-state index in [1.807, 2.05) is 24.3 Å². The summed E-state index contributed by atoms with van der Waals surface area (Å²) in [6.07, 6.45) is 0. The monoisotopic (exact) mass is 445 g/mol. The van der Waals surface area contributed by atoms with E-state index < -0.39 is 23.2 Å². The Balaban J connectivity index is 1.80. The molecule has 0 saturated carbocycles. The van der Waals surface area contributed by atoms with Gasteiger partial charge in [-0.15, -0.1) is 0 Å². The smallest absolute Gasteiger partial charge is 0.328 e. The largest absolute Gasteiger partial charge is 0.490 e. The molecule has 0 unspecified atom stereocenters. The van der Waals surface area contributed by atoms with E-state index in [4.69, 9.17) is 21.1 Å². The van der Waals surface area contributed by atoms with Crippen molar-refractivity contribution in [2.24, 2.45) is 0 Å². The van der Waals surface area contributed by atoms with E-state index in [0.717, 1.165) is 5.39 Å². The van der Waals surface area contributed by atoms with Crippen LogP contribution >= 0.6 is 11.6 Å². The van der Waals surface area contributed by atoms with E-state index in [-0.39, 0.29) is 23.8 Å². The molecule has 0 saturated heterocycles. The number of carbonyl (C=O) groups excluding carboxylic acids is 1. The molecule has 0 bridgehead atoms. The van der Waals surface area contributed by atoms with Crippen molar-refractivity contribution in [1.82, 2.24) is 5.32 Å². The fourth-order valence-corrected chi connectivity index (χ4v) is 3.02. The second kappa shape index (κ2) is 9.22. The van der Waals surface area contributed by atoms with Gasteiger partial charge in [0.15, 0.2) is 0 Å². The average molecular weight is 446 g/mol. The molecule has 0 radical (unpaired) electrons. The first-order valence-electron chi connectivity index (χ1n) is 9.47. The van der Waals surface area contributed by atoms with Crippen LogP contribution in [0, 0.1) is 5.82 Å². The van der Waals surface area contributed by atoms with Gasteiger partial charge in [0.05, 0.1) is 10.6 Å². The number of benzene rings is 3. The third kappa shape index (κ3) is 5.24. The first-order valence-corrected chi connectivity index (χ1v) is 9.85. The predicted octanol–water partition coefficient (Wildman–Crippen LogP) is 4.68. The summed E-state index contributed by atoms with van der Waals surface area (Å²) in [7, 11) is 0. The number of rotatable bonds is 8. The van der Waals surface area contributed by atoms with Crippen LogP contribution in [0.4, 0.5) is 4.39 Å². The highest BCUT2D eigenvalue weighted by Gasteiger charge is 2.30. The van der Waals surface area contributed by atoms with Crippen LogP contribution in [0.2, 0.25) is 5.02 Å². The standard InChI is InChI=1S/C23H21ClFNO5/c1-23(2,22(28)29)26-21(27)17-9-7-14-5-3-4-6-16(14)20(17)31-12-11-30-15-8-10-19(25)18(24)13-15/h3-10,13H,11-12H2,1-2H3,(H,26,27)(H,28,29). The van der Waals surface area contributed by atoms with Crippen molar-refractivity contribution in [1.29, 1.82) is 0 Å². The molecule has 31 heavy (non-hydrogen) atoms. The van der Waals surface area contributed by atoms with E-state index in [1.54, 1.807) is 12.1 Å². The van der Waals surface area contributed by atoms with Gasteiger partial charge in [0, 0.05) is 11.5 Å². The summed E-state index contributed by atoms with van der Waals surface area (Å²) in [6, 6.07) is 14.7. The van der Waals surface area contributed by atoms with E-state index in [1.165, 1.54) is 32.0 Å². The number of aliphatic carboxylic acids is 1. The van der Waals surface area contributed by atoms with Gasteiger partial charge < -0.3 is 19.9 Å². The Labute approximate surface area is 183 Å². The first-order chi connectivity index (χ1) is 14.7. The molecule has 0 aliphatic heterocycles. The minimum Gasteiger partial charge on any atom is -0.490 e. The van der Waals surface area contributed by atoms with Gasteiger partial charge in [0.2, 0.25) is 0 Å². The molecule has 0 heterocycles. The summed E-state index contributed by atoms with van der Waals surface area (Å²) >= 11 is 5.75. The molecule has 0 spiro atoms. The second-order valence-corrected chi connectivity index (χ2v) is 7.73. The molecule has 0 aliphatic rings. The minimum absolute atomic E-state index is 0.0486. The maximum absolute atomic E-state index is 13.3.